The summed E-state index contributed by atoms with van der Waals surface area (Å²) in [6, 6.07) is 11.1. The zero-order valence-corrected chi connectivity index (χ0v) is 12.8. The van der Waals surface area contributed by atoms with E-state index in [1.165, 1.54) is 24.3 Å². The van der Waals surface area contributed by atoms with Crippen LogP contribution in [0.4, 0.5) is 16.2 Å². The number of carbonyl (C=O) groups is 2. The highest BCUT2D eigenvalue weighted by Crippen LogP contribution is 2.23. The molecule has 0 atom stereocenters. The molecule has 2 aromatic carbocycles. The Morgan fingerprint density at radius 1 is 1.05 bits per heavy atom. The van der Waals surface area contributed by atoms with Gasteiger partial charge in [-0.2, -0.15) is 0 Å². The number of hydrogen-bond donors (Lipinski definition) is 3. The lowest BCUT2D eigenvalue weighted by atomic mass is 10.2. The number of urea groups is 1. The first-order valence-electron chi connectivity index (χ1n) is 6.14. The quantitative estimate of drug-likeness (QED) is 0.781. The minimum absolute atomic E-state index is 0.170. The first kappa shape index (κ1) is 15.1. The summed E-state index contributed by atoms with van der Waals surface area (Å²) in [4.78, 5) is 22.7. The van der Waals surface area contributed by atoms with E-state index in [0.29, 0.717) is 11.4 Å². The van der Waals surface area contributed by atoms with Crippen molar-refractivity contribution in [1.82, 2.24) is 0 Å². The molecule has 2 amide bonds. The van der Waals surface area contributed by atoms with E-state index < -0.39 is 5.97 Å². The molecule has 2 rings (SSSR count). The summed E-state index contributed by atoms with van der Waals surface area (Å²) in [6.45, 7) is 1.89. The van der Waals surface area contributed by atoms with Crippen LogP contribution in [0.2, 0.25) is 0 Å². The number of rotatable bonds is 3. The van der Waals surface area contributed by atoms with E-state index in [9.17, 15) is 9.59 Å². The van der Waals surface area contributed by atoms with Gasteiger partial charge >= 0.3 is 12.0 Å². The summed E-state index contributed by atoms with van der Waals surface area (Å²) < 4.78 is 0.908. The SMILES string of the molecule is Cc1c(Br)cccc1NC(=O)Nc1ccc(C(=O)O)cc1. The Kier molecular flexibility index (Phi) is 4.59. The van der Waals surface area contributed by atoms with Gasteiger partial charge in [-0.15, -0.1) is 0 Å². The van der Waals surface area contributed by atoms with Gasteiger partial charge in [0.2, 0.25) is 0 Å². The van der Waals surface area contributed by atoms with Crippen molar-refractivity contribution in [2.45, 2.75) is 6.92 Å². The molecule has 0 aliphatic carbocycles. The van der Waals surface area contributed by atoms with Gasteiger partial charge in [-0.1, -0.05) is 22.0 Å². The average molecular weight is 349 g/mol. The predicted octanol–water partition coefficient (Wildman–Crippen LogP) is 4.10. The highest BCUT2D eigenvalue weighted by atomic mass is 79.9. The third kappa shape index (κ3) is 3.82. The monoisotopic (exact) mass is 348 g/mol. The van der Waals surface area contributed by atoms with Crippen molar-refractivity contribution >= 4 is 39.3 Å². The predicted molar refractivity (Wildman–Crippen MR) is 84.9 cm³/mol. The van der Waals surface area contributed by atoms with E-state index in [-0.39, 0.29) is 11.6 Å². The summed E-state index contributed by atoms with van der Waals surface area (Å²) in [5.74, 6) is -1.00. The van der Waals surface area contributed by atoms with Gasteiger partial charge in [0.05, 0.1) is 5.56 Å². The number of amides is 2. The summed E-state index contributed by atoms with van der Waals surface area (Å²) in [5.41, 5.74) is 2.31. The van der Waals surface area contributed by atoms with Crippen LogP contribution in [0.1, 0.15) is 15.9 Å². The lowest BCUT2D eigenvalue weighted by molar-refractivity contribution is 0.0697. The van der Waals surface area contributed by atoms with Crippen LogP contribution in [0.25, 0.3) is 0 Å². The van der Waals surface area contributed by atoms with Gasteiger partial charge in [0, 0.05) is 15.8 Å². The molecule has 0 radical (unpaired) electrons. The Labute approximate surface area is 130 Å². The fraction of sp³-hybridized carbons (Fsp3) is 0.0667. The Balaban J connectivity index is 2.04. The molecular formula is C15H13BrN2O3. The van der Waals surface area contributed by atoms with E-state index in [4.69, 9.17) is 5.11 Å². The largest absolute Gasteiger partial charge is 0.478 e. The van der Waals surface area contributed by atoms with Gasteiger partial charge in [-0.05, 0) is 48.9 Å². The molecule has 3 N–H and O–H groups in total. The lowest BCUT2D eigenvalue weighted by Gasteiger charge is -2.11. The molecule has 0 unspecified atom stereocenters. The molecule has 0 saturated carbocycles. The number of halogens is 1. The van der Waals surface area contributed by atoms with Crippen LogP contribution in [0.3, 0.4) is 0 Å². The summed E-state index contributed by atoms with van der Waals surface area (Å²) in [6.07, 6.45) is 0. The highest BCUT2D eigenvalue weighted by Gasteiger charge is 2.07. The number of carbonyl (C=O) groups excluding carboxylic acids is 1. The maximum absolute atomic E-state index is 11.9. The number of hydrogen-bond acceptors (Lipinski definition) is 2. The number of anilines is 2. The van der Waals surface area contributed by atoms with Crippen LogP contribution in [0.15, 0.2) is 46.9 Å². The highest BCUT2D eigenvalue weighted by molar-refractivity contribution is 9.10. The first-order valence-corrected chi connectivity index (χ1v) is 6.93. The van der Waals surface area contributed by atoms with Crippen LogP contribution < -0.4 is 10.6 Å². The Hall–Kier alpha value is -2.34. The zero-order valence-electron chi connectivity index (χ0n) is 11.2. The fourth-order valence-electron chi connectivity index (χ4n) is 1.72. The normalized spacial score (nSPS) is 10.0. The van der Waals surface area contributed by atoms with Gasteiger partial charge < -0.3 is 15.7 Å². The van der Waals surface area contributed by atoms with Crippen LogP contribution in [0, 0.1) is 6.92 Å². The molecule has 0 aliphatic rings. The van der Waals surface area contributed by atoms with Crippen LogP contribution in [-0.2, 0) is 0 Å². The topological polar surface area (TPSA) is 78.4 Å². The van der Waals surface area contributed by atoms with Crippen LogP contribution in [-0.4, -0.2) is 17.1 Å². The smallest absolute Gasteiger partial charge is 0.335 e. The molecule has 0 aliphatic heterocycles. The molecular weight excluding hydrogens is 336 g/mol. The number of nitrogens with one attached hydrogen (secondary N) is 2. The molecule has 0 aromatic heterocycles. The van der Waals surface area contributed by atoms with Gasteiger partial charge in [0.1, 0.15) is 0 Å². The van der Waals surface area contributed by atoms with E-state index in [1.807, 2.05) is 19.1 Å². The Morgan fingerprint density at radius 3 is 2.33 bits per heavy atom. The molecule has 0 spiro atoms. The van der Waals surface area contributed by atoms with Crippen LogP contribution in [0.5, 0.6) is 0 Å². The number of benzene rings is 2. The number of carboxylic acid groups (broad SMARTS) is 1. The third-order valence-corrected chi connectivity index (χ3v) is 3.76. The van der Waals surface area contributed by atoms with Gasteiger partial charge in [0.15, 0.2) is 0 Å². The molecule has 5 nitrogen and oxygen atoms in total. The van der Waals surface area contributed by atoms with Gasteiger partial charge in [0.25, 0.3) is 0 Å². The second-order valence-electron chi connectivity index (χ2n) is 4.37. The van der Waals surface area contributed by atoms with Gasteiger partial charge in [-0.3, -0.25) is 0 Å². The van der Waals surface area contributed by atoms with Crippen molar-refractivity contribution in [2.75, 3.05) is 10.6 Å². The standard InChI is InChI=1S/C15H13BrN2O3/c1-9-12(16)3-2-4-13(9)18-15(21)17-11-7-5-10(6-8-11)14(19)20/h2-8H,1H3,(H,19,20)(H2,17,18,21). The van der Waals surface area contributed by atoms with Crippen molar-refractivity contribution in [1.29, 1.82) is 0 Å². The molecule has 2 aromatic rings. The number of carboxylic acids is 1. The van der Waals surface area contributed by atoms with E-state index in [0.717, 1.165) is 10.0 Å². The van der Waals surface area contributed by atoms with Crippen molar-refractivity contribution < 1.29 is 14.7 Å². The molecule has 0 heterocycles. The van der Waals surface area contributed by atoms with E-state index >= 15 is 0 Å². The maximum Gasteiger partial charge on any atom is 0.335 e. The zero-order chi connectivity index (χ0) is 15.4. The molecule has 6 heteroatoms. The maximum atomic E-state index is 11.9. The molecule has 0 bridgehead atoms. The first-order chi connectivity index (χ1) is 9.97. The van der Waals surface area contributed by atoms with Crippen molar-refractivity contribution in [2.24, 2.45) is 0 Å². The van der Waals surface area contributed by atoms with Crippen molar-refractivity contribution in [3.05, 3.63) is 58.1 Å². The molecule has 108 valence electrons. The summed E-state index contributed by atoms with van der Waals surface area (Å²) >= 11 is 3.40. The molecule has 0 fully saturated rings. The van der Waals surface area contributed by atoms with Crippen LogP contribution >= 0.6 is 15.9 Å². The fourth-order valence-corrected chi connectivity index (χ4v) is 2.09. The third-order valence-electron chi connectivity index (χ3n) is 2.91. The van der Waals surface area contributed by atoms with E-state index in [1.54, 1.807) is 6.07 Å². The molecule has 21 heavy (non-hydrogen) atoms. The van der Waals surface area contributed by atoms with Crippen molar-refractivity contribution in [3.63, 3.8) is 0 Å². The Morgan fingerprint density at radius 2 is 1.71 bits per heavy atom. The molecule has 0 saturated heterocycles. The lowest BCUT2D eigenvalue weighted by Crippen LogP contribution is -2.20. The van der Waals surface area contributed by atoms with E-state index in [2.05, 4.69) is 26.6 Å². The summed E-state index contributed by atoms with van der Waals surface area (Å²) in [5, 5.41) is 14.2. The summed E-state index contributed by atoms with van der Waals surface area (Å²) in [7, 11) is 0. The Bertz CT molecular complexity index is 684. The second-order valence-corrected chi connectivity index (χ2v) is 5.23. The van der Waals surface area contributed by atoms with Gasteiger partial charge in [-0.25, -0.2) is 9.59 Å². The van der Waals surface area contributed by atoms with Crippen molar-refractivity contribution in [3.8, 4) is 0 Å². The minimum atomic E-state index is -1.00. The second kappa shape index (κ2) is 6.41. The minimum Gasteiger partial charge on any atom is -0.478 e. The average Bonchev–Trinajstić information content (AvgIpc) is 2.44. The number of aromatic carboxylic acids is 1.